The van der Waals surface area contributed by atoms with Crippen LogP contribution in [0.4, 0.5) is 0 Å². The van der Waals surface area contributed by atoms with Crippen molar-refractivity contribution in [3.8, 4) is 34.3 Å². The lowest BCUT2D eigenvalue weighted by Crippen LogP contribution is -2.60. The van der Waals surface area contributed by atoms with Crippen LogP contribution >= 0.6 is 0 Å². The van der Waals surface area contributed by atoms with Crippen LogP contribution in [0.1, 0.15) is 26.3 Å². The van der Waals surface area contributed by atoms with Crippen molar-refractivity contribution in [2.45, 2.75) is 57.9 Å². The van der Waals surface area contributed by atoms with Crippen molar-refractivity contribution in [2.24, 2.45) is 0 Å². The molecule has 0 bridgehead atoms. The quantitative estimate of drug-likeness (QED) is 0.265. The average molecular weight is 573 g/mol. The second-order valence-corrected chi connectivity index (χ2v) is 9.81. The highest BCUT2D eigenvalue weighted by atomic mass is 16.7. The van der Waals surface area contributed by atoms with E-state index in [0.717, 1.165) is 5.57 Å². The molecule has 222 valence electrons. The molecule has 0 saturated carbocycles. The Bertz CT molecular complexity index is 1440. The molecule has 1 saturated heterocycles. The molecule has 0 aliphatic carbocycles. The van der Waals surface area contributed by atoms with Crippen molar-refractivity contribution in [2.75, 3.05) is 27.4 Å². The lowest BCUT2D eigenvalue weighted by Gasteiger charge is -2.39. The third-order valence-electron chi connectivity index (χ3n) is 6.82. The van der Waals surface area contributed by atoms with Crippen molar-refractivity contribution in [3.05, 3.63) is 57.8 Å². The number of ether oxygens (including phenoxy) is 5. The van der Waals surface area contributed by atoms with E-state index in [1.165, 1.54) is 13.2 Å². The summed E-state index contributed by atoms with van der Waals surface area (Å²) in [7, 11) is 2.94. The topological polar surface area (TPSA) is 157 Å². The minimum Gasteiger partial charge on any atom is -0.497 e. The SMILES string of the molecule is CCOc1c(-c2ccc(OC)cc2)oc2c(CC=C(C)C)c(O[C@@H]3OC(CO)[C@@H](O)[C@H](O)[C@H]3O)cc(OC)c2c1=O. The van der Waals surface area contributed by atoms with E-state index < -0.39 is 42.7 Å². The Kier molecular flexibility index (Phi) is 9.57. The summed E-state index contributed by atoms with van der Waals surface area (Å²) >= 11 is 0. The molecule has 1 aromatic heterocycles. The second kappa shape index (κ2) is 12.9. The first-order chi connectivity index (χ1) is 19.6. The van der Waals surface area contributed by atoms with E-state index >= 15 is 0 Å². The van der Waals surface area contributed by atoms with Crippen LogP contribution in [0.15, 0.2) is 51.2 Å². The molecule has 2 heterocycles. The van der Waals surface area contributed by atoms with Crippen molar-refractivity contribution in [1.29, 1.82) is 0 Å². The van der Waals surface area contributed by atoms with Gasteiger partial charge < -0.3 is 48.5 Å². The molecule has 2 aromatic carbocycles. The summed E-state index contributed by atoms with van der Waals surface area (Å²) < 4.78 is 34.7. The zero-order chi connectivity index (χ0) is 29.8. The summed E-state index contributed by atoms with van der Waals surface area (Å²) in [4.78, 5) is 13.9. The van der Waals surface area contributed by atoms with Crippen LogP contribution in [0.25, 0.3) is 22.3 Å². The van der Waals surface area contributed by atoms with Gasteiger partial charge in [-0.1, -0.05) is 11.6 Å². The first-order valence-corrected chi connectivity index (χ1v) is 13.2. The van der Waals surface area contributed by atoms with Crippen LogP contribution in [0.2, 0.25) is 0 Å². The fourth-order valence-electron chi connectivity index (χ4n) is 4.61. The molecular weight excluding hydrogens is 536 g/mol. The number of allylic oxidation sites excluding steroid dienone is 2. The molecule has 1 aliphatic rings. The summed E-state index contributed by atoms with van der Waals surface area (Å²) in [5.41, 5.74) is 1.71. The monoisotopic (exact) mass is 572 g/mol. The number of hydrogen-bond acceptors (Lipinski definition) is 11. The van der Waals surface area contributed by atoms with Gasteiger partial charge in [0, 0.05) is 17.2 Å². The van der Waals surface area contributed by atoms with Gasteiger partial charge in [-0.15, -0.1) is 0 Å². The van der Waals surface area contributed by atoms with Gasteiger partial charge in [0.15, 0.2) is 5.76 Å². The summed E-state index contributed by atoms with van der Waals surface area (Å²) in [6.07, 6.45) is -5.30. The molecule has 11 heteroatoms. The molecule has 4 N–H and O–H groups in total. The highest BCUT2D eigenvalue weighted by Crippen LogP contribution is 2.41. The van der Waals surface area contributed by atoms with E-state index in [4.69, 9.17) is 28.1 Å². The zero-order valence-corrected chi connectivity index (χ0v) is 23.6. The Balaban J connectivity index is 1.98. The molecular formula is C30H36O11. The lowest BCUT2D eigenvalue weighted by atomic mass is 9.99. The molecule has 1 aliphatic heterocycles. The number of benzene rings is 2. The van der Waals surface area contributed by atoms with Crippen molar-refractivity contribution in [1.82, 2.24) is 0 Å². The van der Waals surface area contributed by atoms with Gasteiger partial charge in [-0.2, -0.15) is 0 Å². The number of rotatable bonds is 10. The number of hydrogen-bond donors (Lipinski definition) is 4. The number of aliphatic hydroxyl groups is 4. The van der Waals surface area contributed by atoms with E-state index in [-0.39, 0.29) is 47.0 Å². The van der Waals surface area contributed by atoms with Gasteiger partial charge >= 0.3 is 0 Å². The van der Waals surface area contributed by atoms with Gasteiger partial charge in [0.2, 0.25) is 17.5 Å². The molecule has 1 unspecified atom stereocenters. The lowest BCUT2D eigenvalue weighted by molar-refractivity contribution is -0.277. The fourth-order valence-corrected chi connectivity index (χ4v) is 4.61. The maximum atomic E-state index is 13.9. The Morgan fingerprint density at radius 1 is 1.00 bits per heavy atom. The van der Waals surface area contributed by atoms with Gasteiger partial charge in [-0.05, 0) is 51.5 Å². The number of methoxy groups -OCH3 is 2. The molecule has 3 aromatic rings. The molecule has 1 fully saturated rings. The van der Waals surface area contributed by atoms with Crippen LogP contribution in [0.5, 0.6) is 23.0 Å². The standard InChI is InChI=1S/C30H36O11/c1-6-38-29-24(33)22-20(37-5)13-19(39-30-26(35)25(34)23(32)21(14-31)40-30)18(12-7-15(2)3)28(22)41-27(29)16-8-10-17(36-4)11-9-16/h7-11,13,21,23,25-26,30-32,34-35H,6,12,14H2,1-5H3/t21?,23-,25+,26-,30-/m1/s1. The molecule has 5 atom stereocenters. The first kappa shape index (κ1) is 30.4. The highest BCUT2D eigenvalue weighted by molar-refractivity contribution is 5.91. The Morgan fingerprint density at radius 3 is 2.29 bits per heavy atom. The van der Waals surface area contributed by atoms with Crippen LogP contribution in [0.3, 0.4) is 0 Å². The van der Waals surface area contributed by atoms with Gasteiger partial charge in [-0.25, -0.2) is 0 Å². The molecule has 0 amide bonds. The van der Waals surface area contributed by atoms with Crippen molar-refractivity contribution in [3.63, 3.8) is 0 Å². The van der Waals surface area contributed by atoms with E-state index in [9.17, 15) is 25.2 Å². The van der Waals surface area contributed by atoms with Gasteiger partial charge in [0.25, 0.3) is 0 Å². The van der Waals surface area contributed by atoms with Gasteiger partial charge in [0.1, 0.15) is 52.6 Å². The maximum absolute atomic E-state index is 13.9. The largest absolute Gasteiger partial charge is 0.497 e. The smallest absolute Gasteiger partial charge is 0.239 e. The van der Waals surface area contributed by atoms with E-state index in [2.05, 4.69) is 0 Å². The summed E-state index contributed by atoms with van der Waals surface area (Å²) in [5.74, 6) is 1.09. The summed E-state index contributed by atoms with van der Waals surface area (Å²) in [5, 5.41) is 40.8. The highest BCUT2D eigenvalue weighted by Gasteiger charge is 2.45. The normalized spacial score (nSPS) is 22.3. The Labute approximate surface area is 237 Å². The number of fused-ring (bicyclic) bond motifs is 1. The summed E-state index contributed by atoms with van der Waals surface area (Å²) in [6, 6.07) is 8.42. The van der Waals surface area contributed by atoms with Crippen molar-refractivity contribution < 1.29 is 48.5 Å². The molecule has 0 radical (unpaired) electrons. The van der Waals surface area contributed by atoms with E-state index in [0.29, 0.717) is 16.9 Å². The Hall–Kier alpha value is -3.61. The third-order valence-corrected chi connectivity index (χ3v) is 6.82. The van der Waals surface area contributed by atoms with Crippen LogP contribution in [-0.2, 0) is 11.2 Å². The molecule has 41 heavy (non-hydrogen) atoms. The van der Waals surface area contributed by atoms with Crippen LogP contribution in [0, 0.1) is 0 Å². The fraction of sp³-hybridized carbons (Fsp3) is 0.433. The zero-order valence-electron chi connectivity index (χ0n) is 23.6. The minimum atomic E-state index is -1.65. The van der Waals surface area contributed by atoms with Gasteiger partial charge in [0.05, 0.1) is 27.4 Å². The Morgan fingerprint density at radius 2 is 1.71 bits per heavy atom. The van der Waals surface area contributed by atoms with E-state index in [1.807, 2.05) is 19.9 Å². The number of aliphatic hydroxyl groups excluding tert-OH is 4. The first-order valence-electron chi connectivity index (χ1n) is 13.2. The predicted molar refractivity (Wildman–Crippen MR) is 150 cm³/mol. The molecule has 4 rings (SSSR count). The van der Waals surface area contributed by atoms with Crippen LogP contribution < -0.4 is 24.4 Å². The minimum absolute atomic E-state index is 0.0132. The average Bonchev–Trinajstić information content (AvgIpc) is 2.97. The molecule has 11 nitrogen and oxygen atoms in total. The maximum Gasteiger partial charge on any atom is 0.239 e. The predicted octanol–water partition coefficient (Wildman–Crippen LogP) is 2.56. The van der Waals surface area contributed by atoms with Crippen LogP contribution in [-0.4, -0.2) is 78.6 Å². The van der Waals surface area contributed by atoms with E-state index in [1.54, 1.807) is 38.3 Å². The summed E-state index contributed by atoms with van der Waals surface area (Å²) in [6.45, 7) is 5.18. The third kappa shape index (κ3) is 6.04. The second-order valence-electron chi connectivity index (χ2n) is 9.81. The molecule has 0 spiro atoms. The van der Waals surface area contributed by atoms with Crippen molar-refractivity contribution >= 4 is 11.0 Å². The van der Waals surface area contributed by atoms with Gasteiger partial charge in [-0.3, -0.25) is 4.79 Å².